The minimum Gasteiger partial charge on any atom is -0.497 e. The van der Waals surface area contributed by atoms with Crippen LogP contribution in [0.4, 0.5) is 5.69 Å². The van der Waals surface area contributed by atoms with Gasteiger partial charge in [0.1, 0.15) is 5.75 Å². The van der Waals surface area contributed by atoms with Crippen LogP contribution < -0.4 is 15.8 Å². The van der Waals surface area contributed by atoms with Gasteiger partial charge in [0.2, 0.25) is 0 Å². The maximum Gasteiger partial charge on any atom is 0.193 e. The molecule has 0 unspecified atom stereocenters. The number of hydrogen-bond donors (Lipinski definition) is 2. The number of nitrogens with one attached hydrogen (secondary N) is 1. The van der Waals surface area contributed by atoms with Crippen LogP contribution in [0.5, 0.6) is 5.75 Å². The Bertz CT molecular complexity index is 672. The molecule has 0 aliphatic heterocycles. The molecule has 122 valence electrons. The Morgan fingerprint density at radius 3 is 3.09 bits per heavy atom. The van der Waals surface area contributed by atoms with Crippen molar-refractivity contribution in [1.29, 1.82) is 0 Å². The van der Waals surface area contributed by atoms with Crippen molar-refractivity contribution in [3.63, 3.8) is 0 Å². The van der Waals surface area contributed by atoms with Crippen molar-refractivity contribution in [3.05, 3.63) is 39.8 Å². The normalized spacial score (nSPS) is 14.4. The third kappa shape index (κ3) is 4.22. The van der Waals surface area contributed by atoms with Gasteiger partial charge in [0.15, 0.2) is 5.96 Å². The Morgan fingerprint density at radius 2 is 2.26 bits per heavy atom. The second-order valence-electron chi connectivity index (χ2n) is 5.56. The van der Waals surface area contributed by atoms with Crippen molar-refractivity contribution in [1.82, 2.24) is 4.98 Å². The summed E-state index contributed by atoms with van der Waals surface area (Å²) in [7, 11) is 1.64. The zero-order chi connectivity index (χ0) is 16.1. The van der Waals surface area contributed by atoms with E-state index < -0.39 is 0 Å². The highest BCUT2D eigenvalue weighted by Gasteiger charge is 2.14. The number of fused-ring (bicyclic) bond motifs is 1. The SMILES string of the molecule is COc1cccc(NC(N)=NCCc2nc3c(s2)CCCC3)c1. The zero-order valence-electron chi connectivity index (χ0n) is 13.3. The number of aryl methyl sites for hydroxylation is 2. The number of rotatable bonds is 5. The average molecular weight is 330 g/mol. The summed E-state index contributed by atoms with van der Waals surface area (Å²) in [6.07, 6.45) is 5.73. The minimum atomic E-state index is 0.416. The Morgan fingerprint density at radius 1 is 1.39 bits per heavy atom. The Hall–Kier alpha value is -2.08. The van der Waals surface area contributed by atoms with Gasteiger partial charge >= 0.3 is 0 Å². The highest BCUT2D eigenvalue weighted by molar-refractivity contribution is 7.11. The van der Waals surface area contributed by atoms with Gasteiger partial charge in [0.25, 0.3) is 0 Å². The first kappa shape index (κ1) is 15.8. The van der Waals surface area contributed by atoms with Gasteiger partial charge < -0.3 is 15.8 Å². The summed E-state index contributed by atoms with van der Waals surface area (Å²) in [4.78, 5) is 10.6. The molecular formula is C17H22N4OS. The Balaban J connectivity index is 1.53. The van der Waals surface area contributed by atoms with Gasteiger partial charge in [-0.15, -0.1) is 11.3 Å². The smallest absolute Gasteiger partial charge is 0.193 e. The lowest BCUT2D eigenvalue weighted by atomic mass is 10.0. The maximum atomic E-state index is 5.94. The van der Waals surface area contributed by atoms with E-state index in [4.69, 9.17) is 15.5 Å². The minimum absolute atomic E-state index is 0.416. The lowest BCUT2D eigenvalue weighted by Crippen LogP contribution is -2.23. The van der Waals surface area contributed by atoms with Crippen molar-refractivity contribution in [3.8, 4) is 5.75 Å². The molecule has 5 nitrogen and oxygen atoms in total. The predicted molar refractivity (Wildman–Crippen MR) is 95.6 cm³/mol. The lowest BCUT2D eigenvalue weighted by Gasteiger charge is -2.07. The molecule has 1 heterocycles. The zero-order valence-corrected chi connectivity index (χ0v) is 14.2. The standard InChI is InChI=1S/C17H22N4OS/c1-22-13-6-4-5-12(11-13)20-17(18)19-10-9-16-21-14-7-2-3-8-15(14)23-16/h4-6,11H,2-3,7-10H2,1H3,(H3,18,19,20). The molecule has 0 fully saturated rings. The number of hydrogen-bond acceptors (Lipinski definition) is 4. The molecule has 0 saturated heterocycles. The van der Waals surface area contributed by atoms with E-state index in [2.05, 4.69) is 10.3 Å². The fourth-order valence-corrected chi connectivity index (χ4v) is 3.82. The fourth-order valence-electron chi connectivity index (χ4n) is 2.67. The first-order chi connectivity index (χ1) is 11.2. The predicted octanol–water partition coefficient (Wildman–Crippen LogP) is 3.00. The maximum absolute atomic E-state index is 5.94. The highest BCUT2D eigenvalue weighted by Crippen LogP contribution is 2.26. The number of anilines is 1. The van der Waals surface area contributed by atoms with E-state index in [1.54, 1.807) is 7.11 Å². The van der Waals surface area contributed by atoms with E-state index in [9.17, 15) is 0 Å². The molecule has 0 radical (unpaired) electrons. The van der Waals surface area contributed by atoms with Crippen LogP contribution in [0.1, 0.15) is 28.4 Å². The van der Waals surface area contributed by atoms with Crippen molar-refractivity contribution in [2.24, 2.45) is 10.7 Å². The van der Waals surface area contributed by atoms with E-state index in [1.165, 1.54) is 34.8 Å². The molecule has 23 heavy (non-hydrogen) atoms. The van der Waals surface area contributed by atoms with Crippen LogP contribution in [-0.2, 0) is 19.3 Å². The van der Waals surface area contributed by atoms with Gasteiger partial charge in [0.05, 0.1) is 17.8 Å². The second kappa shape index (κ2) is 7.46. The van der Waals surface area contributed by atoms with Crippen LogP contribution in [0, 0.1) is 0 Å². The van der Waals surface area contributed by atoms with Gasteiger partial charge in [-0.3, -0.25) is 4.99 Å². The molecule has 3 rings (SSSR count). The van der Waals surface area contributed by atoms with Crippen molar-refractivity contribution in [2.45, 2.75) is 32.1 Å². The first-order valence-corrected chi connectivity index (χ1v) is 8.74. The van der Waals surface area contributed by atoms with Crippen LogP contribution in [-0.4, -0.2) is 24.6 Å². The second-order valence-corrected chi connectivity index (χ2v) is 6.73. The van der Waals surface area contributed by atoms with Crippen LogP contribution in [0.15, 0.2) is 29.3 Å². The van der Waals surface area contributed by atoms with E-state index in [0.717, 1.165) is 24.3 Å². The molecule has 6 heteroatoms. The molecule has 1 aromatic carbocycles. The summed E-state index contributed by atoms with van der Waals surface area (Å²) in [6.45, 7) is 0.648. The van der Waals surface area contributed by atoms with Gasteiger partial charge in [-0.1, -0.05) is 6.07 Å². The monoisotopic (exact) mass is 330 g/mol. The summed E-state index contributed by atoms with van der Waals surface area (Å²) in [5.74, 6) is 1.20. The number of aliphatic imine (C=N–C) groups is 1. The number of nitrogens with two attached hydrogens (primary N) is 1. The average Bonchev–Trinajstić information content (AvgIpc) is 2.97. The van der Waals surface area contributed by atoms with E-state index >= 15 is 0 Å². The van der Waals surface area contributed by atoms with Crippen LogP contribution in [0.25, 0.3) is 0 Å². The molecule has 0 saturated carbocycles. The molecule has 2 aromatic rings. The summed E-state index contributed by atoms with van der Waals surface area (Å²) in [5, 5.41) is 4.26. The molecule has 0 spiro atoms. The molecule has 3 N–H and O–H groups in total. The van der Waals surface area contributed by atoms with Gasteiger partial charge in [-0.05, 0) is 37.8 Å². The van der Waals surface area contributed by atoms with Crippen LogP contribution >= 0.6 is 11.3 Å². The number of aromatic nitrogens is 1. The molecular weight excluding hydrogens is 308 g/mol. The number of ether oxygens (including phenoxy) is 1. The number of methoxy groups -OCH3 is 1. The first-order valence-electron chi connectivity index (χ1n) is 7.93. The lowest BCUT2D eigenvalue weighted by molar-refractivity contribution is 0.415. The number of nitrogens with zero attached hydrogens (tertiary/aromatic N) is 2. The third-order valence-corrected chi connectivity index (χ3v) is 5.06. The van der Waals surface area contributed by atoms with Crippen molar-refractivity contribution in [2.75, 3.05) is 19.0 Å². The topological polar surface area (TPSA) is 72.5 Å². The number of benzene rings is 1. The fraction of sp³-hybridized carbons (Fsp3) is 0.412. The summed E-state index contributed by atoms with van der Waals surface area (Å²) in [6, 6.07) is 7.62. The molecule has 1 aromatic heterocycles. The molecule has 0 bridgehead atoms. The summed E-state index contributed by atoms with van der Waals surface area (Å²) >= 11 is 1.84. The van der Waals surface area contributed by atoms with Crippen LogP contribution in [0.3, 0.4) is 0 Å². The largest absolute Gasteiger partial charge is 0.497 e. The third-order valence-electron chi connectivity index (χ3n) is 3.84. The Labute approximate surface area is 140 Å². The molecule has 1 aliphatic rings. The summed E-state index contributed by atoms with van der Waals surface area (Å²) < 4.78 is 5.19. The van der Waals surface area contributed by atoms with E-state index in [-0.39, 0.29) is 0 Å². The summed E-state index contributed by atoms with van der Waals surface area (Å²) in [5.41, 5.74) is 8.12. The molecule has 0 atom stereocenters. The highest BCUT2D eigenvalue weighted by atomic mass is 32.1. The number of guanidine groups is 1. The van der Waals surface area contributed by atoms with Gasteiger partial charge in [0, 0.05) is 29.6 Å². The Kier molecular flexibility index (Phi) is 5.12. The van der Waals surface area contributed by atoms with Crippen LogP contribution in [0.2, 0.25) is 0 Å². The quantitative estimate of drug-likeness (QED) is 0.653. The van der Waals surface area contributed by atoms with Crippen molar-refractivity contribution >= 4 is 23.0 Å². The van der Waals surface area contributed by atoms with Crippen molar-refractivity contribution < 1.29 is 4.74 Å². The van der Waals surface area contributed by atoms with Gasteiger partial charge in [-0.25, -0.2) is 4.98 Å². The van der Waals surface area contributed by atoms with E-state index in [1.807, 2.05) is 35.6 Å². The van der Waals surface area contributed by atoms with Gasteiger partial charge in [-0.2, -0.15) is 0 Å². The molecule has 0 amide bonds. The van der Waals surface area contributed by atoms with E-state index in [0.29, 0.717) is 12.5 Å². The number of thiazole rings is 1. The molecule has 1 aliphatic carbocycles.